The molecular weight excluding hydrogens is 288 g/mol. The highest BCUT2D eigenvalue weighted by Crippen LogP contribution is 2.26. The molecule has 0 bridgehead atoms. The highest BCUT2D eigenvalue weighted by Gasteiger charge is 2.26. The van der Waals surface area contributed by atoms with Crippen LogP contribution in [-0.4, -0.2) is 23.9 Å². The molecule has 0 aromatic heterocycles. The van der Waals surface area contributed by atoms with Gasteiger partial charge in [-0.25, -0.2) is 0 Å². The van der Waals surface area contributed by atoms with Gasteiger partial charge in [-0.1, -0.05) is 51.1 Å². The van der Waals surface area contributed by atoms with Crippen LogP contribution >= 0.6 is 0 Å². The zero-order chi connectivity index (χ0) is 17.5. The van der Waals surface area contributed by atoms with Crippen LogP contribution in [0, 0.1) is 5.41 Å². The fraction of sp³-hybridized carbons (Fsp3) is 0.579. The Morgan fingerprint density at radius 2 is 1.57 bits per heavy atom. The standard InChI is InChI=1S/C19H30N2O2/c1-18(2,3)14-19(4,5)21-16(22)11-12-20-17(23)13-15-9-7-6-8-10-15/h6-10H,11-14H2,1-5H3,(H,20,23)(H,21,22). The summed E-state index contributed by atoms with van der Waals surface area (Å²) in [7, 11) is 0. The molecule has 0 radical (unpaired) electrons. The maximum absolute atomic E-state index is 12.0. The average molecular weight is 318 g/mol. The lowest BCUT2D eigenvalue weighted by molar-refractivity contribution is -0.123. The second kappa shape index (κ2) is 8.14. The first-order valence-electron chi connectivity index (χ1n) is 8.19. The van der Waals surface area contributed by atoms with E-state index in [9.17, 15) is 9.59 Å². The first kappa shape index (κ1) is 19.2. The number of hydrogen-bond donors (Lipinski definition) is 2. The van der Waals surface area contributed by atoms with E-state index in [0.717, 1.165) is 12.0 Å². The molecule has 1 aromatic carbocycles. The van der Waals surface area contributed by atoms with E-state index in [1.807, 2.05) is 44.2 Å². The van der Waals surface area contributed by atoms with Gasteiger partial charge >= 0.3 is 0 Å². The number of amides is 2. The fourth-order valence-electron chi connectivity index (χ4n) is 2.97. The van der Waals surface area contributed by atoms with Gasteiger partial charge in [0.05, 0.1) is 6.42 Å². The zero-order valence-electron chi connectivity index (χ0n) is 15.0. The Morgan fingerprint density at radius 3 is 2.13 bits per heavy atom. The Balaban J connectivity index is 2.29. The summed E-state index contributed by atoms with van der Waals surface area (Å²) >= 11 is 0. The smallest absolute Gasteiger partial charge is 0.224 e. The minimum Gasteiger partial charge on any atom is -0.355 e. The molecular formula is C19H30N2O2. The largest absolute Gasteiger partial charge is 0.355 e. The molecule has 1 rings (SSSR count). The van der Waals surface area contributed by atoms with Gasteiger partial charge in [-0.2, -0.15) is 0 Å². The van der Waals surface area contributed by atoms with E-state index in [1.165, 1.54) is 0 Å². The number of hydrogen-bond acceptors (Lipinski definition) is 2. The van der Waals surface area contributed by atoms with Gasteiger partial charge in [0.15, 0.2) is 0 Å². The Kier molecular flexibility index (Phi) is 6.79. The Labute approximate surface area is 140 Å². The maximum Gasteiger partial charge on any atom is 0.224 e. The average Bonchev–Trinajstić information content (AvgIpc) is 2.35. The third-order valence-corrected chi connectivity index (χ3v) is 3.33. The van der Waals surface area contributed by atoms with Crippen molar-refractivity contribution in [3.05, 3.63) is 35.9 Å². The van der Waals surface area contributed by atoms with E-state index in [2.05, 4.69) is 31.4 Å². The Bertz CT molecular complexity index is 516. The van der Waals surface area contributed by atoms with E-state index >= 15 is 0 Å². The zero-order valence-corrected chi connectivity index (χ0v) is 15.0. The van der Waals surface area contributed by atoms with Crippen molar-refractivity contribution in [3.8, 4) is 0 Å². The molecule has 1 aromatic rings. The lowest BCUT2D eigenvalue weighted by atomic mass is 9.82. The second-order valence-corrected chi connectivity index (χ2v) is 7.93. The molecule has 4 nitrogen and oxygen atoms in total. The van der Waals surface area contributed by atoms with Gasteiger partial charge in [0, 0.05) is 18.5 Å². The van der Waals surface area contributed by atoms with E-state index in [-0.39, 0.29) is 22.8 Å². The van der Waals surface area contributed by atoms with Crippen molar-refractivity contribution in [2.45, 2.75) is 59.4 Å². The van der Waals surface area contributed by atoms with Crippen LogP contribution in [-0.2, 0) is 16.0 Å². The molecule has 2 N–H and O–H groups in total. The van der Waals surface area contributed by atoms with Crippen molar-refractivity contribution >= 4 is 11.8 Å². The molecule has 0 aliphatic rings. The summed E-state index contributed by atoms with van der Waals surface area (Å²) in [4.78, 5) is 23.8. The first-order chi connectivity index (χ1) is 10.6. The molecule has 0 fully saturated rings. The summed E-state index contributed by atoms with van der Waals surface area (Å²) in [6, 6.07) is 9.58. The molecule has 0 saturated heterocycles. The van der Waals surface area contributed by atoms with Crippen LogP contribution in [0.3, 0.4) is 0 Å². The molecule has 4 heteroatoms. The summed E-state index contributed by atoms with van der Waals surface area (Å²) in [5, 5.41) is 5.84. The molecule has 0 unspecified atom stereocenters. The molecule has 0 atom stereocenters. The monoisotopic (exact) mass is 318 g/mol. The Hall–Kier alpha value is -1.84. The van der Waals surface area contributed by atoms with Crippen molar-refractivity contribution in [1.82, 2.24) is 10.6 Å². The minimum absolute atomic E-state index is 0.0285. The van der Waals surface area contributed by atoms with Gasteiger partial charge in [-0.05, 0) is 31.2 Å². The van der Waals surface area contributed by atoms with E-state index in [4.69, 9.17) is 0 Å². The fourth-order valence-corrected chi connectivity index (χ4v) is 2.97. The predicted octanol–water partition coefficient (Wildman–Crippen LogP) is 3.07. The topological polar surface area (TPSA) is 58.2 Å². The van der Waals surface area contributed by atoms with Crippen molar-refractivity contribution in [1.29, 1.82) is 0 Å². The van der Waals surface area contributed by atoms with Crippen LogP contribution in [0.2, 0.25) is 0 Å². The maximum atomic E-state index is 12.0. The highest BCUT2D eigenvalue weighted by atomic mass is 16.2. The molecule has 128 valence electrons. The molecule has 0 saturated carbocycles. The summed E-state index contributed by atoms with van der Waals surface area (Å²) in [6.07, 6.45) is 1.54. The van der Waals surface area contributed by atoms with Crippen molar-refractivity contribution in [2.24, 2.45) is 5.41 Å². The Morgan fingerprint density at radius 1 is 0.957 bits per heavy atom. The van der Waals surface area contributed by atoms with Gasteiger partial charge in [0.25, 0.3) is 0 Å². The molecule has 23 heavy (non-hydrogen) atoms. The van der Waals surface area contributed by atoms with Crippen molar-refractivity contribution in [3.63, 3.8) is 0 Å². The summed E-state index contributed by atoms with van der Waals surface area (Å²) < 4.78 is 0. The predicted molar refractivity (Wildman–Crippen MR) is 94.1 cm³/mol. The number of carbonyl (C=O) groups is 2. The van der Waals surface area contributed by atoms with Crippen LogP contribution in [0.25, 0.3) is 0 Å². The van der Waals surface area contributed by atoms with Gasteiger partial charge in [-0.3, -0.25) is 9.59 Å². The number of carbonyl (C=O) groups excluding carboxylic acids is 2. The van der Waals surface area contributed by atoms with Crippen LogP contribution in [0.5, 0.6) is 0 Å². The first-order valence-corrected chi connectivity index (χ1v) is 8.19. The molecule has 2 amide bonds. The number of nitrogens with one attached hydrogen (secondary N) is 2. The van der Waals surface area contributed by atoms with E-state index in [1.54, 1.807) is 0 Å². The highest BCUT2D eigenvalue weighted by molar-refractivity contribution is 5.80. The van der Waals surface area contributed by atoms with Gasteiger partial charge < -0.3 is 10.6 Å². The summed E-state index contributed by atoms with van der Waals surface area (Å²) in [6.45, 7) is 10.9. The third-order valence-electron chi connectivity index (χ3n) is 3.33. The van der Waals surface area contributed by atoms with Crippen molar-refractivity contribution in [2.75, 3.05) is 6.54 Å². The quantitative estimate of drug-likeness (QED) is 0.812. The summed E-state index contributed by atoms with van der Waals surface area (Å²) in [5.41, 5.74) is 0.880. The van der Waals surface area contributed by atoms with E-state index < -0.39 is 0 Å². The van der Waals surface area contributed by atoms with Gasteiger partial charge in [0.1, 0.15) is 0 Å². The van der Waals surface area contributed by atoms with Crippen LogP contribution in [0.1, 0.15) is 53.0 Å². The second-order valence-electron chi connectivity index (χ2n) is 7.93. The van der Waals surface area contributed by atoms with Crippen molar-refractivity contribution < 1.29 is 9.59 Å². The molecule has 0 aliphatic carbocycles. The summed E-state index contributed by atoms with van der Waals surface area (Å²) in [5.74, 6) is -0.0859. The van der Waals surface area contributed by atoms with Crippen LogP contribution in [0.4, 0.5) is 0 Å². The normalized spacial score (nSPS) is 11.9. The van der Waals surface area contributed by atoms with E-state index in [0.29, 0.717) is 19.4 Å². The van der Waals surface area contributed by atoms with Gasteiger partial charge in [0.2, 0.25) is 11.8 Å². The van der Waals surface area contributed by atoms with Crippen LogP contribution < -0.4 is 10.6 Å². The lowest BCUT2D eigenvalue weighted by Gasteiger charge is -2.33. The lowest BCUT2D eigenvalue weighted by Crippen LogP contribution is -2.46. The minimum atomic E-state index is -0.247. The number of rotatable bonds is 7. The molecule has 0 spiro atoms. The van der Waals surface area contributed by atoms with Crippen LogP contribution in [0.15, 0.2) is 30.3 Å². The number of benzene rings is 1. The molecule has 0 aliphatic heterocycles. The molecule has 0 heterocycles. The third kappa shape index (κ3) is 9.01. The SMILES string of the molecule is CC(C)(C)CC(C)(C)NC(=O)CCNC(=O)Cc1ccccc1. The van der Waals surface area contributed by atoms with Gasteiger partial charge in [-0.15, -0.1) is 0 Å².